The van der Waals surface area contributed by atoms with E-state index in [1.165, 1.54) is 0 Å². The van der Waals surface area contributed by atoms with Crippen molar-refractivity contribution in [2.45, 2.75) is 29.8 Å². The lowest BCUT2D eigenvalue weighted by molar-refractivity contribution is 0.171. The van der Waals surface area contributed by atoms with Crippen molar-refractivity contribution < 1.29 is 9.47 Å². The minimum Gasteiger partial charge on any atom is -0.486 e. The first-order valence-corrected chi connectivity index (χ1v) is 10.7. The third kappa shape index (κ3) is 3.23. The van der Waals surface area contributed by atoms with Crippen molar-refractivity contribution in [2.75, 3.05) is 13.2 Å². The summed E-state index contributed by atoms with van der Waals surface area (Å²) in [6, 6.07) is 11.8. The Hall–Kier alpha value is -1.99. The molecule has 7 heteroatoms. The Morgan fingerprint density at radius 2 is 1.89 bits per heavy atom. The van der Waals surface area contributed by atoms with Gasteiger partial charge < -0.3 is 9.47 Å². The molecule has 2 heterocycles. The summed E-state index contributed by atoms with van der Waals surface area (Å²) in [5.74, 6) is 2.22. The van der Waals surface area contributed by atoms with Gasteiger partial charge in [-0.3, -0.25) is 9.36 Å². The lowest BCUT2D eigenvalue weighted by Crippen LogP contribution is -2.22. The minimum absolute atomic E-state index is 0.0619. The quantitative estimate of drug-likeness (QED) is 0.436. The summed E-state index contributed by atoms with van der Waals surface area (Å²) in [6.07, 6.45) is 2.09. The van der Waals surface area contributed by atoms with Crippen molar-refractivity contribution in [2.24, 2.45) is 0 Å². The predicted octanol–water partition coefficient (Wildman–Crippen LogP) is 4.56. The van der Waals surface area contributed by atoms with E-state index in [1.54, 1.807) is 11.8 Å². The van der Waals surface area contributed by atoms with E-state index in [0.717, 1.165) is 45.0 Å². The third-order valence-electron chi connectivity index (χ3n) is 4.76. The molecule has 0 N–H and O–H groups in total. The van der Waals surface area contributed by atoms with E-state index in [9.17, 15) is 4.79 Å². The highest BCUT2D eigenvalue weighted by Gasteiger charge is 2.28. The fourth-order valence-electron chi connectivity index (χ4n) is 3.24. The zero-order chi connectivity index (χ0) is 18.4. The molecule has 2 aliphatic rings. The summed E-state index contributed by atoms with van der Waals surface area (Å²) < 4.78 is 14.2. The summed E-state index contributed by atoms with van der Waals surface area (Å²) in [4.78, 5) is 17.7. The molecule has 1 saturated carbocycles. The molecule has 27 heavy (non-hydrogen) atoms. The molecule has 1 aliphatic carbocycles. The molecule has 0 radical (unpaired) electrons. The summed E-state index contributed by atoms with van der Waals surface area (Å²) in [5, 5.41) is 1.47. The molecule has 138 valence electrons. The fraction of sp³-hybridized carbons (Fsp3) is 0.300. The number of aromatic nitrogens is 2. The number of thioether (sulfide) groups is 1. The molecule has 0 spiro atoms. The van der Waals surface area contributed by atoms with E-state index in [1.807, 2.05) is 41.0 Å². The number of ether oxygens (including phenoxy) is 2. The number of fused-ring (bicyclic) bond motifs is 2. The van der Waals surface area contributed by atoms with Crippen LogP contribution in [0.4, 0.5) is 0 Å². The number of nitrogens with zero attached hydrogens (tertiary/aromatic N) is 2. The van der Waals surface area contributed by atoms with Gasteiger partial charge in [-0.2, -0.15) is 0 Å². The van der Waals surface area contributed by atoms with Crippen LogP contribution in [0.25, 0.3) is 10.9 Å². The van der Waals surface area contributed by atoms with Crippen LogP contribution in [-0.4, -0.2) is 22.8 Å². The number of para-hydroxylation sites is 1. The molecule has 2 aromatic carbocycles. The summed E-state index contributed by atoms with van der Waals surface area (Å²) in [7, 11) is 0. The first-order valence-electron chi connectivity index (χ1n) is 8.93. The standard InChI is InChI=1S/C20H17BrN2O3S/c21-15-10-18-17(25-7-8-26-18)9-12(15)11-27-20-22-16-4-2-1-3-14(16)19(24)23(20)13-5-6-13/h1-4,9-10,13H,5-8,11H2. The highest BCUT2D eigenvalue weighted by atomic mass is 79.9. The highest BCUT2D eigenvalue weighted by molar-refractivity contribution is 9.10. The summed E-state index contributed by atoms with van der Waals surface area (Å²) >= 11 is 5.21. The fourth-order valence-corrected chi connectivity index (χ4v) is 4.95. The maximum Gasteiger partial charge on any atom is 0.262 e. The molecule has 1 fully saturated rings. The molecular formula is C20H17BrN2O3S. The number of benzene rings is 2. The van der Waals surface area contributed by atoms with Crippen LogP contribution in [0, 0.1) is 0 Å². The Morgan fingerprint density at radius 1 is 1.15 bits per heavy atom. The molecule has 5 nitrogen and oxygen atoms in total. The van der Waals surface area contributed by atoms with Gasteiger partial charge in [0.05, 0.1) is 10.9 Å². The Balaban J connectivity index is 1.50. The number of rotatable bonds is 4. The average Bonchev–Trinajstić information content (AvgIpc) is 3.51. The monoisotopic (exact) mass is 444 g/mol. The molecule has 5 rings (SSSR count). The van der Waals surface area contributed by atoms with Crippen LogP contribution in [0.3, 0.4) is 0 Å². The number of hydrogen-bond acceptors (Lipinski definition) is 5. The van der Waals surface area contributed by atoms with Crippen molar-refractivity contribution in [3.8, 4) is 11.5 Å². The Labute approximate surface area is 168 Å². The Kier molecular flexibility index (Phi) is 4.36. The number of hydrogen-bond donors (Lipinski definition) is 0. The summed E-state index contributed by atoms with van der Waals surface area (Å²) in [5.41, 5.74) is 1.91. The van der Waals surface area contributed by atoms with Gasteiger partial charge in [-0.25, -0.2) is 4.98 Å². The summed E-state index contributed by atoms with van der Waals surface area (Å²) in [6.45, 7) is 1.14. The van der Waals surface area contributed by atoms with Crippen LogP contribution in [-0.2, 0) is 5.75 Å². The van der Waals surface area contributed by atoms with E-state index in [2.05, 4.69) is 15.9 Å². The Bertz CT molecular complexity index is 1090. The molecule has 0 unspecified atom stereocenters. The number of halogens is 1. The van der Waals surface area contributed by atoms with E-state index < -0.39 is 0 Å². The second kappa shape index (κ2) is 6.87. The zero-order valence-electron chi connectivity index (χ0n) is 14.5. The van der Waals surface area contributed by atoms with E-state index in [0.29, 0.717) is 24.4 Å². The van der Waals surface area contributed by atoms with E-state index in [4.69, 9.17) is 14.5 Å². The van der Waals surface area contributed by atoms with E-state index in [-0.39, 0.29) is 11.6 Å². The second-order valence-corrected chi connectivity index (χ2v) is 8.49. The first-order chi connectivity index (χ1) is 13.2. The van der Waals surface area contributed by atoms with Crippen LogP contribution >= 0.6 is 27.7 Å². The Morgan fingerprint density at radius 3 is 2.67 bits per heavy atom. The SMILES string of the molecule is O=c1c2ccccc2nc(SCc2cc3c(cc2Br)OCCO3)n1C1CC1. The van der Waals surface area contributed by atoms with Crippen LogP contribution in [0.2, 0.25) is 0 Å². The molecular weight excluding hydrogens is 428 g/mol. The smallest absolute Gasteiger partial charge is 0.262 e. The van der Waals surface area contributed by atoms with Gasteiger partial charge in [0, 0.05) is 16.3 Å². The van der Waals surface area contributed by atoms with Gasteiger partial charge in [-0.05, 0) is 42.7 Å². The molecule has 0 atom stereocenters. The van der Waals surface area contributed by atoms with Gasteiger partial charge in [0.1, 0.15) is 13.2 Å². The molecule has 0 amide bonds. The van der Waals surface area contributed by atoms with E-state index >= 15 is 0 Å². The lowest BCUT2D eigenvalue weighted by atomic mass is 10.2. The predicted molar refractivity (Wildman–Crippen MR) is 109 cm³/mol. The van der Waals surface area contributed by atoms with Crippen LogP contribution in [0.1, 0.15) is 24.4 Å². The highest BCUT2D eigenvalue weighted by Crippen LogP contribution is 2.40. The second-order valence-electron chi connectivity index (χ2n) is 6.69. The van der Waals surface area contributed by atoms with Gasteiger partial charge in [0.25, 0.3) is 5.56 Å². The van der Waals surface area contributed by atoms with Crippen molar-refractivity contribution >= 4 is 38.6 Å². The van der Waals surface area contributed by atoms with Crippen molar-refractivity contribution in [1.29, 1.82) is 0 Å². The van der Waals surface area contributed by atoms with Gasteiger partial charge in [0.15, 0.2) is 16.7 Å². The van der Waals surface area contributed by atoms with Crippen LogP contribution < -0.4 is 15.0 Å². The zero-order valence-corrected chi connectivity index (χ0v) is 16.9. The molecule has 1 aliphatic heterocycles. The normalized spacial score (nSPS) is 15.9. The molecule has 0 saturated heterocycles. The van der Waals surface area contributed by atoms with Gasteiger partial charge in [0.2, 0.25) is 0 Å². The largest absolute Gasteiger partial charge is 0.486 e. The third-order valence-corrected chi connectivity index (χ3v) is 6.50. The average molecular weight is 445 g/mol. The maximum atomic E-state index is 13.0. The molecule has 1 aromatic heterocycles. The lowest BCUT2D eigenvalue weighted by Gasteiger charge is -2.20. The van der Waals surface area contributed by atoms with Gasteiger partial charge >= 0.3 is 0 Å². The maximum absolute atomic E-state index is 13.0. The van der Waals surface area contributed by atoms with Crippen LogP contribution in [0.15, 0.2) is 50.8 Å². The van der Waals surface area contributed by atoms with Crippen molar-refractivity contribution in [1.82, 2.24) is 9.55 Å². The minimum atomic E-state index is 0.0619. The van der Waals surface area contributed by atoms with Crippen molar-refractivity contribution in [3.63, 3.8) is 0 Å². The molecule has 0 bridgehead atoms. The van der Waals surface area contributed by atoms with Gasteiger partial charge in [-0.15, -0.1) is 0 Å². The van der Waals surface area contributed by atoms with Crippen molar-refractivity contribution in [3.05, 3.63) is 56.8 Å². The first kappa shape index (κ1) is 17.1. The van der Waals surface area contributed by atoms with Crippen LogP contribution in [0.5, 0.6) is 11.5 Å². The van der Waals surface area contributed by atoms with Gasteiger partial charge in [-0.1, -0.05) is 39.8 Å². The molecule has 3 aromatic rings. The topological polar surface area (TPSA) is 53.4 Å².